The fourth-order valence-electron chi connectivity index (χ4n) is 2.67. The molecule has 1 aliphatic heterocycles. The standard InChI is InChI=1S/C16H16F2N2O4S/c17-16(18)25(22,23)13-5-3-12(4-6-13)19-7-9-20(10-8-19)15(21)14-2-1-11-24-14/h1-6,11,16H,7-10H2. The average molecular weight is 370 g/mol. The smallest absolute Gasteiger partial charge is 0.341 e. The van der Waals surface area contributed by atoms with Crippen LogP contribution < -0.4 is 4.90 Å². The van der Waals surface area contributed by atoms with Gasteiger partial charge in [-0.3, -0.25) is 4.79 Å². The average Bonchev–Trinajstić information content (AvgIpc) is 3.16. The third kappa shape index (κ3) is 3.51. The molecule has 25 heavy (non-hydrogen) atoms. The highest BCUT2D eigenvalue weighted by atomic mass is 32.2. The van der Waals surface area contributed by atoms with Crippen LogP contribution in [-0.2, 0) is 9.84 Å². The van der Waals surface area contributed by atoms with Gasteiger partial charge < -0.3 is 14.2 Å². The minimum Gasteiger partial charge on any atom is -0.459 e. The Balaban J connectivity index is 1.64. The van der Waals surface area contributed by atoms with Crippen LogP contribution in [0.5, 0.6) is 0 Å². The molecule has 9 heteroatoms. The highest BCUT2D eigenvalue weighted by molar-refractivity contribution is 7.91. The molecular formula is C16H16F2N2O4S. The predicted molar refractivity (Wildman–Crippen MR) is 86.5 cm³/mol. The number of nitrogens with zero attached hydrogens (tertiary/aromatic N) is 2. The number of rotatable bonds is 4. The number of hydrogen-bond donors (Lipinski definition) is 0. The number of hydrogen-bond acceptors (Lipinski definition) is 5. The van der Waals surface area contributed by atoms with Gasteiger partial charge >= 0.3 is 5.76 Å². The molecule has 2 aromatic rings. The summed E-state index contributed by atoms with van der Waals surface area (Å²) in [7, 11) is -4.58. The number of sulfone groups is 1. The zero-order valence-electron chi connectivity index (χ0n) is 13.1. The molecule has 0 N–H and O–H groups in total. The summed E-state index contributed by atoms with van der Waals surface area (Å²) in [6.45, 7) is 2.06. The lowest BCUT2D eigenvalue weighted by Gasteiger charge is -2.35. The topological polar surface area (TPSA) is 70.8 Å². The third-order valence-corrected chi connectivity index (χ3v) is 5.46. The normalized spacial score (nSPS) is 15.6. The zero-order valence-corrected chi connectivity index (χ0v) is 14.0. The first-order chi connectivity index (χ1) is 11.9. The van der Waals surface area contributed by atoms with Crippen LogP contribution >= 0.6 is 0 Å². The molecule has 0 atom stereocenters. The molecule has 0 bridgehead atoms. The Hall–Kier alpha value is -2.42. The van der Waals surface area contributed by atoms with Crippen molar-refractivity contribution in [2.45, 2.75) is 10.7 Å². The number of alkyl halides is 2. The molecule has 3 rings (SSSR count). The zero-order chi connectivity index (χ0) is 18.0. The van der Waals surface area contributed by atoms with Gasteiger partial charge in [0, 0.05) is 31.9 Å². The minimum absolute atomic E-state index is 0.178. The van der Waals surface area contributed by atoms with Crippen molar-refractivity contribution in [3.63, 3.8) is 0 Å². The van der Waals surface area contributed by atoms with E-state index in [4.69, 9.17) is 4.42 Å². The fourth-order valence-corrected chi connectivity index (χ4v) is 3.39. The van der Waals surface area contributed by atoms with Crippen molar-refractivity contribution in [3.05, 3.63) is 48.4 Å². The van der Waals surface area contributed by atoms with Crippen LogP contribution in [0.3, 0.4) is 0 Å². The molecule has 0 unspecified atom stereocenters. The first-order valence-electron chi connectivity index (χ1n) is 7.59. The number of halogens is 2. The van der Waals surface area contributed by atoms with Gasteiger partial charge in [0.2, 0.25) is 9.84 Å². The van der Waals surface area contributed by atoms with Gasteiger partial charge in [-0.15, -0.1) is 0 Å². The summed E-state index contributed by atoms with van der Waals surface area (Å²) in [5, 5.41) is 0. The maximum Gasteiger partial charge on any atom is 0.341 e. The summed E-state index contributed by atoms with van der Waals surface area (Å²) < 4.78 is 53.1. The Kier molecular flexibility index (Phi) is 4.76. The number of amides is 1. The maximum atomic E-state index is 12.5. The Bertz CT molecular complexity index is 828. The number of benzene rings is 1. The van der Waals surface area contributed by atoms with Crippen molar-refractivity contribution in [2.24, 2.45) is 0 Å². The molecule has 0 radical (unpaired) electrons. The van der Waals surface area contributed by atoms with Gasteiger partial charge in [-0.25, -0.2) is 8.42 Å². The Morgan fingerprint density at radius 1 is 1.04 bits per heavy atom. The number of carbonyl (C=O) groups excluding carboxylic acids is 1. The van der Waals surface area contributed by atoms with E-state index in [1.54, 1.807) is 17.0 Å². The van der Waals surface area contributed by atoms with E-state index in [0.717, 1.165) is 5.69 Å². The van der Waals surface area contributed by atoms with Crippen molar-refractivity contribution >= 4 is 21.4 Å². The fraction of sp³-hybridized carbons (Fsp3) is 0.312. The van der Waals surface area contributed by atoms with Gasteiger partial charge in [0.15, 0.2) is 5.76 Å². The van der Waals surface area contributed by atoms with Crippen molar-refractivity contribution in [2.75, 3.05) is 31.1 Å². The lowest BCUT2D eigenvalue weighted by Crippen LogP contribution is -2.48. The third-order valence-electron chi connectivity index (χ3n) is 4.06. The van der Waals surface area contributed by atoms with Crippen molar-refractivity contribution in [1.29, 1.82) is 0 Å². The Labute approximate surface area is 143 Å². The van der Waals surface area contributed by atoms with Crippen molar-refractivity contribution < 1.29 is 26.4 Å². The molecule has 1 aromatic heterocycles. The molecule has 1 aromatic carbocycles. The van der Waals surface area contributed by atoms with E-state index >= 15 is 0 Å². The molecule has 6 nitrogen and oxygen atoms in total. The first kappa shape index (κ1) is 17.4. The van der Waals surface area contributed by atoms with Crippen LogP contribution in [0, 0.1) is 0 Å². The van der Waals surface area contributed by atoms with Crippen molar-refractivity contribution in [3.8, 4) is 0 Å². The Morgan fingerprint density at radius 2 is 1.68 bits per heavy atom. The lowest BCUT2D eigenvalue weighted by molar-refractivity contribution is 0.0714. The summed E-state index contributed by atoms with van der Waals surface area (Å²) >= 11 is 0. The van der Waals surface area contributed by atoms with Gasteiger partial charge in [0.05, 0.1) is 11.2 Å². The van der Waals surface area contributed by atoms with Gasteiger partial charge in [0.25, 0.3) is 5.91 Å². The van der Waals surface area contributed by atoms with E-state index in [1.807, 2.05) is 4.90 Å². The Morgan fingerprint density at radius 3 is 2.20 bits per heavy atom. The van der Waals surface area contributed by atoms with Gasteiger partial charge in [0.1, 0.15) is 0 Å². The molecule has 134 valence electrons. The molecular weight excluding hydrogens is 354 g/mol. The summed E-state index contributed by atoms with van der Waals surface area (Å²) in [5.74, 6) is -3.33. The van der Waals surface area contributed by atoms with Gasteiger partial charge in [-0.05, 0) is 36.4 Å². The van der Waals surface area contributed by atoms with Crippen LogP contribution in [0.15, 0.2) is 52.0 Å². The SMILES string of the molecule is O=C(c1ccco1)N1CCN(c2ccc(S(=O)(=O)C(F)F)cc2)CC1. The van der Waals surface area contributed by atoms with E-state index in [-0.39, 0.29) is 11.7 Å². The second kappa shape index (κ2) is 6.83. The number of carbonyl (C=O) groups is 1. The molecule has 1 fully saturated rings. The molecule has 1 aliphatic rings. The molecule has 1 amide bonds. The molecule has 0 saturated carbocycles. The summed E-state index contributed by atoms with van der Waals surface area (Å²) in [6.07, 6.45) is 1.44. The molecule has 0 spiro atoms. The van der Waals surface area contributed by atoms with Gasteiger partial charge in [-0.2, -0.15) is 8.78 Å². The second-order valence-corrected chi connectivity index (χ2v) is 7.47. The van der Waals surface area contributed by atoms with E-state index in [2.05, 4.69) is 0 Å². The van der Waals surface area contributed by atoms with Gasteiger partial charge in [-0.1, -0.05) is 0 Å². The van der Waals surface area contributed by atoms with E-state index < -0.39 is 20.5 Å². The number of anilines is 1. The largest absolute Gasteiger partial charge is 0.459 e. The number of piperazine rings is 1. The van der Waals surface area contributed by atoms with Crippen LogP contribution in [0.25, 0.3) is 0 Å². The summed E-state index contributed by atoms with van der Waals surface area (Å²) in [4.78, 5) is 15.4. The predicted octanol–water partition coefficient (Wildman–Crippen LogP) is 2.24. The van der Waals surface area contributed by atoms with Crippen LogP contribution in [0.2, 0.25) is 0 Å². The van der Waals surface area contributed by atoms with Crippen LogP contribution in [-0.4, -0.2) is 51.2 Å². The summed E-state index contributed by atoms with van der Waals surface area (Å²) in [5.41, 5.74) is 0.721. The van der Waals surface area contributed by atoms with E-state index in [1.165, 1.54) is 30.5 Å². The highest BCUT2D eigenvalue weighted by Crippen LogP contribution is 2.23. The quantitative estimate of drug-likeness (QED) is 0.826. The number of furan rings is 1. The molecule has 2 heterocycles. The summed E-state index contributed by atoms with van der Waals surface area (Å²) in [6, 6.07) is 8.61. The molecule has 0 aliphatic carbocycles. The first-order valence-corrected chi connectivity index (χ1v) is 9.14. The van der Waals surface area contributed by atoms with Crippen LogP contribution in [0.1, 0.15) is 10.6 Å². The second-order valence-electron chi connectivity index (χ2n) is 5.56. The highest BCUT2D eigenvalue weighted by Gasteiger charge is 2.27. The van der Waals surface area contributed by atoms with E-state index in [9.17, 15) is 22.0 Å². The van der Waals surface area contributed by atoms with Crippen molar-refractivity contribution in [1.82, 2.24) is 4.90 Å². The molecule has 1 saturated heterocycles. The lowest BCUT2D eigenvalue weighted by atomic mass is 10.2. The monoisotopic (exact) mass is 370 g/mol. The minimum atomic E-state index is -4.58. The van der Waals surface area contributed by atoms with Crippen LogP contribution in [0.4, 0.5) is 14.5 Å². The van der Waals surface area contributed by atoms with E-state index in [0.29, 0.717) is 26.2 Å². The maximum absolute atomic E-state index is 12.5.